The molecule has 0 bridgehead atoms. The summed E-state index contributed by atoms with van der Waals surface area (Å²) in [7, 11) is 3.15. The van der Waals surface area contributed by atoms with Crippen LogP contribution in [0.5, 0.6) is 0 Å². The van der Waals surface area contributed by atoms with Crippen LogP contribution in [0.4, 0.5) is 5.13 Å². The molecule has 2 unspecified atom stereocenters. The minimum Gasteiger partial charge on any atom is -0.477 e. The predicted molar refractivity (Wildman–Crippen MR) is 134 cm³/mol. The van der Waals surface area contributed by atoms with E-state index in [2.05, 4.69) is 20.8 Å². The van der Waals surface area contributed by atoms with Crippen LogP contribution in [-0.4, -0.2) is 111 Å². The summed E-state index contributed by atoms with van der Waals surface area (Å²) in [6.45, 7) is 0.801. The Morgan fingerprint density at radius 2 is 2.22 bits per heavy atom. The molecule has 4 aliphatic heterocycles. The number of amides is 3. The molecule has 3 amide bonds. The zero-order valence-corrected chi connectivity index (χ0v) is 21.5. The van der Waals surface area contributed by atoms with Gasteiger partial charge in [-0.3, -0.25) is 19.3 Å². The van der Waals surface area contributed by atoms with Gasteiger partial charge in [-0.25, -0.2) is 9.78 Å². The van der Waals surface area contributed by atoms with Crippen molar-refractivity contribution in [2.45, 2.75) is 23.9 Å². The first-order valence-corrected chi connectivity index (χ1v) is 13.3. The Labute approximate surface area is 219 Å². The maximum absolute atomic E-state index is 13.1. The van der Waals surface area contributed by atoms with Crippen LogP contribution >= 0.6 is 23.1 Å². The lowest BCUT2D eigenvalue weighted by atomic mass is 9.95. The highest BCUT2D eigenvalue weighted by Gasteiger charge is 2.55. The first-order chi connectivity index (χ1) is 17.7. The van der Waals surface area contributed by atoms with Gasteiger partial charge in [0.1, 0.15) is 36.0 Å². The Balaban J connectivity index is 1.32. The standard InChI is InChI=1S/C21H24N8O6S2/c1-27-12-3-13(30)23-4-9(12)5-28(27)6-10-7-36-19-15(18(32)29(19)16(10)20(33)34)25-17(31)14(26-35-2)11-8-37-21(22)24-11/h5,8-9,12,15,19H,3-4,6-7H2,1-2H3,(H4-,22,23,24,25,30,31,33,34)/p+1/b26-14-/t9?,12?,15-,19-/m1/s1. The molecule has 1 aromatic rings. The molecule has 4 atom stereocenters. The van der Waals surface area contributed by atoms with Gasteiger partial charge < -0.3 is 26.3 Å². The fourth-order valence-electron chi connectivity index (χ4n) is 4.93. The van der Waals surface area contributed by atoms with Crippen LogP contribution in [0.15, 0.2) is 21.8 Å². The Bertz CT molecular complexity index is 1280. The van der Waals surface area contributed by atoms with E-state index in [9.17, 15) is 24.3 Å². The normalized spacial score (nSPS) is 27.2. The number of carbonyl (C=O) groups excluding carboxylic acids is 3. The van der Waals surface area contributed by atoms with Crippen molar-refractivity contribution in [3.8, 4) is 0 Å². The van der Waals surface area contributed by atoms with E-state index in [-0.39, 0.29) is 46.6 Å². The zero-order valence-electron chi connectivity index (χ0n) is 19.9. The number of carbonyl (C=O) groups is 4. The molecule has 0 saturated carbocycles. The number of nitrogens with one attached hydrogen (secondary N) is 2. The second-order valence-electron chi connectivity index (χ2n) is 8.87. The molecule has 2 saturated heterocycles. The number of nitrogens with two attached hydrogens (primary N) is 1. The summed E-state index contributed by atoms with van der Waals surface area (Å²) in [4.78, 5) is 60.1. The Morgan fingerprint density at radius 3 is 2.89 bits per heavy atom. The third-order valence-corrected chi connectivity index (χ3v) is 8.74. The topological polar surface area (TPSA) is 183 Å². The van der Waals surface area contributed by atoms with Crippen LogP contribution in [0.3, 0.4) is 0 Å². The number of carboxylic acids is 1. The quantitative estimate of drug-likeness (QED) is 0.132. The fourth-order valence-corrected chi connectivity index (χ4v) is 6.81. The number of hydrogen-bond donors (Lipinski definition) is 4. The molecule has 4 aliphatic rings. The zero-order chi connectivity index (χ0) is 26.4. The predicted octanol–water partition coefficient (Wildman–Crippen LogP) is -1.74. The summed E-state index contributed by atoms with van der Waals surface area (Å²) in [5.41, 5.74) is 6.22. The number of hydrazine groups is 1. The van der Waals surface area contributed by atoms with E-state index in [0.29, 0.717) is 24.3 Å². The van der Waals surface area contributed by atoms with E-state index in [4.69, 9.17) is 10.6 Å². The Hall–Kier alpha value is -3.66. The third-order valence-electron chi connectivity index (χ3n) is 6.72. The molecular formula is C21H25N8O6S2+. The lowest BCUT2D eigenvalue weighted by Gasteiger charge is -2.49. The second kappa shape index (κ2) is 9.66. The molecule has 14 nitrogen and oxygen atoms in total. The van der Waals surface area contributed by atoms with Crippen molar-refractivity contribution >= 4 is 63.8 Å². The van der Waals surface area contributed by atoms with E-state index in [0.717, 1.165) is 11.3 Å². The molecule has 0 aromatic carbocycles. The van der Waals surface area contributed by atoms with Crippen molar-refractivity contribution in [1.82, 2.24) is 25.5 Å². The number of aromatic nitrogens is 1. The van der Waals surface area contributed by atoms with E-state index in [1.165, 1.54) is 23.8 Å². The van der Waals surface area contributed by atoms with Gasteiger partial charge in [0, 0.05) is 23.3 Å². The smallest absolute Gasteiger partial charge is 0.352 e. The highest BCUT2D eigenvalue weighted by molar-refractivity contribution is 8.00. The molecular weight excluding hydrogens is 524 g/mol. The van der Waals surface area contributed by atoms with E-state index in [1.54, 1.807) is 5.38 Å². The second-order valence-corrected chi connectivity index (χ2v) is 10.9. The van der Waals surface area contributed by atoms with Crippen molar-refractivity contribution in [2.75, 3.05) is 38.7 Å². The maximum Gasteiger partial charge on any atom is 0.352 e. The summed E-state index contributed by atoms with van der Waals surface area (Å²) in [5.74, 6) is -1.96. The van der Waals surface area contributed by atoms with Gasteiger partial charge in [-0.2, -0.15) is 5.01 Å². The first-order valence-electron chi connectivity index (χ1n) is 11.3. The Morgan fingerprint density at radius 1 is 1.43 bits per heavy atom. The molecule has 2 fully saturated rings. The summed E-state index contributed by atoms with van der Waals surface area (Å²) >= 11 is 2.50. The van der Waals surface area contributed by atoms with Crippen molar-refractivity contribution < 1.29 is 33.8 Å². The van der Waals surface area contributed by atoms with E-state index in [1.807, 2.05) is 23.0 Å². The fraction of sp³-hybridized carbons (Fsp3) is 0.476. The van der Waals surface area contributed by atoms with Gasteiger partial charge in [-0.1, -0.05) is 5.16 Å². The summed E-state index contributed by atoms with van der Waals surface area (Å²) in [6, 6.07) is -0.930. The number of fused-ring (bicyclic) bond motifs is 2. The average Bonchev–Trinajstić information content (AvgIpc) is 3.43. The Kier molecular flexibility index (Phi) is 6.53. The lowest BCUT2D eigenvalue weighted by Crippen LogP contribution is -2.71. The van der Waals surface area contributed by atoms with E-state index >= 15 is 0 Å². The molecule has 5 rings (SSSR count). The van der Waals surface area contributed by atoms with Crippen LogP contribution in [0.2, 0.25) is 0 Å². The number of anilines is 1. The molecule has 0 radical (unpaired) electrons. The number of thiazole rings is 1. The van der Waals surface area contributed by atoms with E-state index < -0.39 is 29.2 Å². The van der Waals surface area contributed by atoms with Gasteiger partial charge in [-0.05, 0) is 0 Å². The van der Waals surface area contributed by atoms with Gasteiger partial charge in [0.15, 0.2) is 23.6 Å². The summed E-state index contributed by atoms with van der Waals surface area (Å²) in [5, 5.41) is 22.4. The number of β-lactam (4-membered cyclic amide) rings is 1. The largest absolute Gasteiger partial charge is 0.477 e. The molecule has 1 aromatic heterocycles. The molecule has 196 valence electrons. The maximum atomic E-state index is 13.1. The van der Waals surface area contributed by atoms with Crippen molar-refractivity contribution in [3.05, 3.63) is 22.3 Å². The number of hydrogen-bond acceptors (Lipinski definition) is 11. The van der Waals surface area contributed by atoms with Crippen LogP contribution in [-0.2, 0) is 24.0 Å². The van der Waals surface area contributed by atoms with Crippen molar-refractivity contribution in [3.63, 3.8) is 0 Å². The monoisotopic (exact) mass is 549 g/mol. The molecule has 37 heavy (non-hydrogen) atoms. The summed E-state index contributed by atoms with van der Waals surface area (Å²) < 4.78 is 1.91. The van der Waals surface area contributed by atoms with Crippen molar-refractivity contribution in [1.29, 1.82) is 0 Å². The minimum absolute atomic E-state index is 0.00730. The van der Waals surface area contributed by atoms with Gasteiger partial charge in [0.05, 0.1) is 19.4 Å². The number of hydrazone groups is 1. The number of rotatable bonds is 7. The van der Waals surface area contributed by atoms with Crippen LogP contribution < -0.4 is 16.4 Å². The van der Waals surface area contributed by atoms with Crippen LogP contribution in [0, 0.1) is 5.92 Å². The number of carboxylic acid groups (broad SMARTS) is 1. The molecule has 0 aliphatic carbocycles. The molecule has 0 spiro atoms. The van der Waals surface area contributed by atoms with Crippen LogP contribution in [0.25, 0.3) is 0 Å². The van der Waals surface area contributed by atoms with Gasteiger partial charge in [0.25, 0.3) is 11.8 Å². The highest BCUT2D eigenvalue weighted by Crippen LogP contribution is 2.40. The van der Waals surface area contributed by atoms with Gasteiger partial charge in [-0.15, -0.1) is 27.8 Å². The average molecular weight is 550 g/mol. The van der Waals surface area contributed by atoms with Crippen LogP contribution in [0.1, 0.15) is 12.1 Å². The number of thioether (sulfide) groups is 1. The lowest BCUT2D eigenvalue weighted by molar-refractivity contribution is -0.673. The molecule has 5 N–H and O–H groups in total. The molecule has 5 heterocycles. The summed E-state index contributed by atoms with van der Waals surface area (Å²) in [6.07, 6.45) is 2.36. The highest BCUT2D eigenvalue weighted by atomic mass is 32.2. The number of nitrogen functional groups attached to an aromatic ring is 1. The number of aliphatic carboxylic acids is 1. The van der Waals surface area contributed by atoms with Gasteiger partial charge >= 0.3 is 5.97 Å². The SMILES string of the molecule is CO/N=C(\C(=O)N[C@@H]1C(=O)N2C(C(=O)O)=C(C[N+]3=CC4CNC(=O)CC4N3C)CS[C@H]12)c1csc(N)n1. The van der Waals surface area contributed by atoms with Gasteiger partial charge in [0.2, 0.25) is 5.91 Å². The minimum atomic E-state index is -1.21. The number of nitrogens with zero attached hydrogens (tertiary/aromatic N) is 5. The molecule has 16 heteroatoms. The van der Waals surface area contributed by atoms with Crippen molar-refractivity contribution in [2.24, 2.45) is 11.1 Å². The number of piperidine rings is 1. The first kappa shape index (κ1) is 25.0. The number of oxime groups is 1. The third kappa shape index (κ3) is 4.39.